The molecule has 26 heavy (non-hydrogen) atoms. The van der Waals surface area contributed by atoms with E-state index in [2.05, 4.69) is 29.0 Å². The average Bonchev–Trinajstić information content (AvgIpc) is 2.90. The molecule has 3 heterocycles. The molecule has 0 bridgehead atoms. The second kappa shape index (κ2) is 7.82. The van der Waals surface area contributed by atoms with Gasteiger partial charge in [-0.05, 0) is 58.8 Å². The predicted octanol–water partition coefficient (Wildman–Crippen LogP) is 2.56. The minimum atomic E-state index is -0.457. The summed E-state index contributed by atoms with van der Waals surface area (Å²) in [5.41, 5.74) is 1.93. The lowest BCUT2D eigenvalue weighted by Crippen LogP contribution is -2.38. The number of rotatable bonds is 1. The fourth-order valence-electron chi connectivity index (χ4n) is 3.53. The number of anilines is 1. The van der Waals surface area contributed by atoms with E-state index < -0.39 is 5.60 Å². The zero-order valence-corrected chi connectivity index (χ0v) is 16.6. The van der Waals surface area contributed by atoms with Gasteiger partial charge >= 0.3 is 6.09 Å². The molecular formula is C20H32N4O2. The lowest BCUT2D eigenvalue weighted by atomic mass is 10.1. The van der Waals surface area contributed by atoms with Crippen LogP contribution in [-0.2, 0) is 17.6 Å². The molecule has 0 N–H and O–H groups in total. The number of fused-ring (bicyclic) bond motifs is 1. The van der Waals surface area contributed by atoms with Gasteiger partial charge < -0.3 is 19.4 Å². The van der Waals surface area contributed by atoms with Gasteiger partial charge in [0.2, 0.25) is 0 Å². The van der Waals surface area contributed by atoms with Crippen LogP contribution in [-0.4, -0.2) is 72.8 Å². The van der Waals surface area contributed by atoms with Gasteiger partial charge in [0.05, 0.1) is 0 Å². The quantitative estimate of drug-likeness (QED) is 0.770. The molecule has 0 atom stereocenters. The normalized spacial score (nSPS) is 19.5. The highest BCUT2D eigenvalue weighted by atomic mass is 16.6. The predicted molar refractivity (Wildman–Crippen MR) is 104 cm³/mol. The summed E-state index contributed by atoms with van der Waals surface area (Å²) < 4.78 is 5.53. The maximum absolute atomic E-state index is 12.4. The molecule has 0 unspecified atom stereocenters. The highest BCUT2D eigenvalue weighted by molar-refractivity contribution is 5.68. The third-order valence-corrected chi connectivity index (χ3v) is 5.02. The molecule has 1 aromatic rings. The number of amides is 1. The van der Waals surface area contributed by atoms with Crippen molar-refractivity contribution in [2.24, 2.45) is 0 Å². The summed E-state index contributed by atoms with van der Waals surface area (Å²) in [5.74, 6) is 1.07. The van der Waals surface area contributed by atoms with Gasteiger partial charge in [0.25, 0.3) is 0 Å². The van der Waals surface area contributed by atoms with Crippen molar-refractivity contribution in [3.63, 3.8) is 0 Å². The van der Waals surface area contributed by atoms with E-state index in [1.165, 1.54) is 12.0 Å². The van der Waals surface area contributed by atoms with E-state index in [-0.39, 0.29) is 6.09 Å². The second-order valence-corrected chi connectivity index (χ2v) is 8.39. The van der Waals surface area contributed by atoms with Crippen molar-refractivity contribution in [2.75, 3.05) is 51.2 Å². The van der Waals surface area contributed by atoms with Gasteiger partial charge in [-0.15, -0.1) is 0 Å². The molecule has 144 valence electrons. The Hall–Kier alpha value is -1.82. The van der Waals surface area contributed by atoms with Crippen LogP contribution < -0.4 is 4.90 Å². The van der Waals surface area contributed by atoms with Crippen molar-refractivity contribution < 1.29 is 9.53 Å². The van der Waals surface area contributed by atoms with E-state index in [1.54, 1.807) is 0 Å². The van der Waals surface area contributed by atoms with Crippen LogP contribution >= 0.6 is 0 Å². The number of aromatic nitrogens is 1. The van der Waals surface area contributed by atoms with Gasteiger partial charge in [0.15, 0.2) is 0 Å². The molecule has 0 saturated carbocycles. The topological polar surface area (TPSA) is 48.9 Å². The second-order valence-electron chi connectivity index (χ2n) is 8.39. The number of carbonyl (C=O) groups is 1. The number of carbonyl (C=O) groups excluding carboxylic acids is 1. The van der Waals surface area contributed by atoms with Gasteiger partial charge in [-0.2, -0.15) is 0 Å². The van der Waals surface area contributed by atoms with Crippen LogP contribution in [0.3, 0.4) is 0 Å². The largest absolute Gasteiger partial charge is 0.444 e. The summed E-state index contributed by atoms with van der Waals surface area (Å²) in [6.45, 7) is 11.4. The SMILES string of the molecule is CN1CCCN(c2ccc3c(n2)CCN(C(=O)OC(C)(C)C)CC3)CC1. The number of likely N-dealkylation sites (N-methyl/N-ethyl adjacent to an activating group) is 1. The first-order chi connectivity index (χ1) is 12.3. The molecular weight excluding hydrogens is 328 g/mol. The highest BCUT2D eigenvalue weighted by Crippen LogP contribution is 2.21. The molecule has 2 aliphatic heterocycles. The molecule has 1 fully saturated rings. The molecule has 1 aromatic heterocycles. The van der Waals surface area contributed by atoms with Crippen LogP contribution in [0.25, 0.3) is 0 Å². The Morgan fingerprint density at radius 2 is 1.81 bits per heavy atom. The Morgan fingerprint density at radius 3 is 2.58 bits per heavy atom. The third-order valence-electron chi connectivity index (χ3n) is 5.02. The summed E-state index contributed by atoms with van der Waals surface area (Å²) in [5, 5.41) is 0. The molecule has 0 aliphatic carbocycles. The first-order valence-electron chi connectivity index (χ1n) is 9.72. The van der Waals surface area contributed by atoms with Gasteiger partial charge in [-0.1, -0.05) is 6.07 Å². The Labute approximate surface area is 157 Å². The Balaban J connectivity index is 1.68. The minimum Gasteiger partial charge on any atom is -0.444 e. The fraction of sp³-hybridized carbons (Fsp3) is 0.700. The number of hydrogen-bond donors (Lipinski definition) is 0. The molecule has 1 saturated heterocycles. The van der Waals surface area contributed by atoms with Crippen molar-refractivity contribution >= 4 is 11.9 Å². The number of ether oxygens (including phenoxy) is 1. The summed E-state index contributed by atoms with van der Waals surface area (Å²) in [4.78, 5) is 23.9. The van der Waals surface area contributed by atoms with Crippen molar-refractivity contribution in [1.82, 2.24) is 14.8 Å². The number of pyridine rings is 1. The fourth-order valence-corrected chi connectivity index (χ4v) is 3.53. The summed E-state index contributed by atoms with van der Waals surface area (Å²) in [6.07, 6.45) is 2.57. The average molecular weight is 361 g/mol. The van der Waals surface area contributed by atoms with Gasteiger partial charge in [0, 0.05) is 44.8 Å². The van der Waals surface area contributed by atoms with Crippen LogP contribution in [0.5, 0.6) is 0 Å². The number of nitrogens with zero attached hydrogens (tertiary/aromatic N) is 4. The lowest BCUT2D eigenvalue weighted by molar-refractivity contribution is 0.0258. The van der Waals surface area contributed by atoms with Crippen LogP contribution in [0.15, 0.2) is 12.1 Å². The molecule has 6 nitrogen and oxygen atoms in total. The van der Waals surface area contributed by atoms with Crippen molar-refractivity contribution in [3.05, 3.63) is 23.4 Å². The van der Waals surface area contributed by atoms with E-state index >= 15 is 0 Å². The molecule has 0 spiro atoms. The molecule has 1 amide bonds. The Bertz CT molecular complexity index is 641. The molecule has 2 aliphatic rings. The van der Waals surface area contributed by atoms with E-state index in [1.807, 2.05) is 25.7 Å². The van der Waals surface area contributed by atoms with Crippen LogP contribution in [0, 0.1) is 0 Å². The molecule has 0 aromatic carbocycles. The number of hydrogen-bond acceptors (Lipinski definition) is 5. The molecule has 0 radical (unpaired) electrons. The Kier molecular flexibility index (Phi) is 5.70. The minimum absolute atomic E-state index is 0.221. The molecule has 3 rings (SSSR count). The maximum atomic E-state index is 12.4. The summed E-state index contributed by atoms with van der Waals surface area (Å²) in [6, 6.07) is 4.35. The van der Waals surface area contributed by atoms with Crippen molar-refractivity contribution in [1.29, 1.82) is 0 Å². The zero-order chi connectivity index (χ0) is 18.7. The standard InChI is InChI=1S/C20H32N4O2/c1-20(2,3)26-19(25)24-12-8-16-6-7-18(21-17(16)9-13-24)23-11-5-10-22(4)14-15-23/h6-7H,5,8-15H2,1-4H3. The summed E-state index contributed by atoms with van der Waals surface area (Å²) >= 11 is 0. The maximum Gasteiger partial charge on any atom is 0.410 e. The van der Waals surface area contributed by atoms with Crippen molar-refractivity contribution in [3.8, 4) is 0 Å². The van der Waals surface area contributed by atoms with Crippen molar-refractivity contribution in [2.45, 2.75) is 45.6 Å². The molecule has 6 heteroatoms. The Morgan fingerprint density at radius 1 is 1.04 bits per heavy atom. The first kappa shape index (κ1) is 19.0. The highest BCUT2D eigenvalue weighted by Gasteiger charge is 2.25. The monoisotopic (exact) mass is 360 g/mol. The zero-order valence-electron chi connectivity index (χ0n) is 16.6. The van der Waals surface area contributed by atoms with Gasteiger partial charge in [0.1, 0.15) is 11.4 Å². The first-order valence-corrected chi connectivity index (χ1v) is 9.72. The lowest BCUT2D eigenvalue weighted by Gasteiger charge is -2.26. The van der Waals surface area contributed by atoms with Gasteiger partial charge in [-0.25, -0.2) is 9.78 Å². The van der Waals surface area contributed by atoms with Crippen LogP contribution in [0.1, 0.15) is 38.4 Å². The van der Waals surface area contributed by atoms with E-state index in [4.69, 9.17) is 9.72 Å². The summed E-state index contributed by atoms with van der Waals surface area (Å²) in [7, 11) is 2.18. The third kappa shape index (κ3) is 4.87. The van der Waals surface area contributed by atoms with Crippen LogP contribution in [0.2, 0.25) is 0 Å². The van der Waals surface area contributed by atoms with E-state index in [0.717, 1.165) is 50.5 Å². The van der Waals surface area contributed by atoms with Gasteiger partial charge in [-0.3, -0.25) is 0 Å². The van der Waals surface area contributed by atoms with E-state index in [0.29, 0.717) is 13.1 Å². The smallest absolute Gasteiger partial charge is 0.410 e. The van der Waals surface area contributed by atoms with E-state index in [9.17, 15) is 4.79 Å². The van der Waals surface area contributed by atoms with Crippen LogP contribution in [0.4, 0.5) is 10.6 Å².